The van der Waals surface area contributed by atoms with Gasteiger partial charge in [-0.05, 0) is 18.4 Å². The molecule has 0 radical (unpaired) electrons. The number of para-hydroxylation sites is 1. The van der Waals surface area contributed by atoms with E-state index in [0.29, 0.717) is 6.54 Å². The number of benzene rings is 1. The fourth-order valence-corrected chi connectivity index (χ4v) is 3.08. The van der Waals surface area contributed by atoms with Crippen molar-refractivity contribution in [2.45, 2.75) is 44.8 Å². The van der Waals surface area contributed by atoms with Gasteiger partial charge in [0.05, 0.1) is 24.4 Å². The van der Waals surface area contributed by atoms with Crippen LogP contribution in [0, 0.1) is 5.92 Å². The van der Waals surface area contributed by atoms with Gasteiger partial charge >= 0.3 is 0 Å². The van der Waals surface area contributed by atoms with Gasteiger partial charge in [-0.25, -0.2) is 0 Å². The molecule has 0 saturated heterocycles. The smallest absolute Gasteiger partial charge is 0.0739 e. The molecule has 96 valence electrons. The Morgan fingerprint density at radius 1 is 1.28 bits per heavy atom. The Bertz CT molecular complexity index is 514. The molecular weight excluding hydrogens is 224 g/mol. The number of aliphatic hydroxyl groups excluding tert-OH is 1. The largest absolute Gasteiger partial charge is 0.391 e. The maximum atomic E-state index is 10.2. The highest BCUT2D eigenvalue weighted by molar-refractivity contribution is 5.78. The Morgan fingerprint density at radius 3 is 2.89 bits per heavy atom. The molecular formula is C15H20N2O. The molecule has 2 aromatic rings. The number of aliphatic hydroxyl groups is 1. The third-order valence-electron chi connectivity index (χ3n) is 4.01. The first-order chi connectivity index (χ1) is 8.83. The van der Waals surface area contributed by atoms with Crippen LogP contribution in [0.1, 0.15) is 32.1 Å². The summed E-state index contributed by atoms with van der Waals surface area (Å²) in [6.07, 6.45) is 7.78. The SMILES string of the molecule is OC(CC1CCCC1)Cn1ncc2ccccc21. The molecule has 1 fully saturated rings. The summed E-state index contributed by atoms with van der Waals surface area (Å²) in [5.41, 5.74) is 1.11. The molecule has 3 heteroatoms. The lowest BCUT2D eigenvalue weighted by atomic mass is 10.0. The first kappa shape index (κ1) is 11.7. The molecule has 3 nitrogen and oxygen atoms in total. The number of nitrogens with zero attached hydrogens (tertiary/aromatic N) is 2. The predicted octanol–water partition coefficient (Wildman–Crippen LogP) is 2.98. The van der Waals surface area contributed by atoms with E-state index < -0.39 is 0 Å². The summed E-state index contributed by atoms with van der Waals surface area (Å²) >= 11 is 0. The molecule has 0 spiro atoms. The summed E-state index contributed by atoms with van der Waals surface area (Å²) in [6.45, 7) is 0.615. The minimum atomic E-state index is -0.267. The zero-order valence-electron chi connectivity index (χ0n) is 10.6. The van der Waals surface area contributed by atoms with Crippen LogP contribution in [0.25, 0.3) is 10.9 Å². The Morgan fingerprint density at radius 2 is 2.06 bits per heavy atom. The van der Waals surface area contributed by atoms with Gasteiger partial charge in [0.25, 0.3) is 0 Å². The molecule has 1 aromatic heterocycles. The molecule has 18 heavy (non-hydrogen) atoms. The zero-order chi connectivity index (χ0) is 12.4. The first-order valence-corrected chi connectivity index (χ1v) is 6.91. The Hall–Kier alpha value is -1.35. The monoisotopic (exact) mass is 244 g/mol. The Balaban J connectivity index is 1.67. The van der Waals surface area contributed by atoms with Crippen LogP contribution in [0.2, 0.25) is 0 Å². The van der Waals surface area contributed by atoms with E-state index in [1.54, 1.807) is 0 Å². The summed E-state index contributed by atoms with van der Waals surface area (Å²) in [5.74, 6) is 0.724. The fraction of sp³-hybridized carbons (Fsp3) is 0.533. The van der Waals surface area contributed by atoms with Gasteiger partial charge in [-0.1, -0.05) is 43.9 Å². The minimum Gasteiger partial charge on any atom is -0.391 e. The second kappa shape index (κ2) is 5.11. The molecule has 1 saturated carbocycles. The molecule has 0 aliphatic heterocycles. The van der Waals surface area contributed by atoms with Gasteiger partial charge in [-0.2, -0.15) is 5.10 Å². The highest BCUT2D eigenvalue weighted by Gasteiger charge is 2.19. The number of aromatic nitrogens is 2. The van der Waals surface area contributed by atoms with Gasteiger partial charge in [-0.15, -0.1) is 0 Å². The van der Waals surface area contributed by atoms with E-state index in [2.05, 4.69) is 17.2 Å². The summed E-state index contributed by atoms with van der Waals surface area (Å²) in [5, 5.41) is 15.7. The van der Waals surface area contributed by atoms with Crippen molar-refractivity contribution in [3.8, 4) is 0 Å². The van der Waals surface area contributed by atoms with Crippen molar-refractivity contribution in [1.82, 2.24) is 9.78 Å². The summed E-state index contributed by atoms with van der Waals surface area (Å²) < 4.78 is 1.93. The number of hydrogen-bond donors (Lipinski definition) is 1. The van der Waals surface area contributed by atoms with Crippen LogP contribution in [0.5, 0.6) is 0 Å². The topological polar surface area (TPSA) is 38.0 Å². The van der Waals surface area contributed by atoms with Crippen molar-refractivity contribution in [2.75, 3.05) is 0 Å². The molecule has 1 unspecified atom stereocenters. The summed E-state index contributed by atoms with van der Waals surface area (Å²) in [6, 6.07) is 8.15. The van der Waals surface area contributed by atoms with Crippen molar-refractivity contribution in [3.63, 3.8) is 0 Å². The fourth-order valence-electron chi connectivity index (χ4n) is 3.08. The van der Waals surface area contributed by atoms with Crippen LogP contribution in [-0.2, 0) is 6.54 Å². The second-order valence-corrected chi connectivity index (χ2v) is 5.43. The van der Waals surface area contributed by atoms with Crippen molar-refractivity contribution in [1.29, 1.82) is 0 Å². The second-order valence-electron chi connectivity index (χ2n) is 5.43. The highest BCUT2D eigenvalue weighted by atomic mass is 16.3. The van der Waals surface area contributed by atoms with Crippen molar-refractivity contribution >= 4 is 10.9 Å². The quantitative estimate of drug-likeness (QED) is 0.898. The average Bonchev–Trinajstić information content (AvgIpc) is 3.00. The van der Waals surface area contributed by atoms with Crippen LogP contribution >= 0.6 is 0 Å². The minimum absolute atomic E-state index is 0.267. The zero-order valence-corrected chi connectivity index (χ0v) is 10.6. The molecule has 1 atom stereocenters. The molecule has 0 bridgehead atoms. The first-order valence-electron chi connectivity index (χ1n) is 6.91. The van der Waals surface area contributed by atoms with E-state index in [-0.39, 0.29) is 6.10 Å². The lowest BCUT2D eigenvalue weighted by Crippen LogP contribution is -2.19. The average molecular weight is 244 g/mol. The van der Waals surface area contributed by atoms with Crippen molar-refractivity contribution < 1.29 is 5.11 Å². The van der Waals surface area contributed by atoms with E-state index in [1.807, 2.05) is 23.0 Å². The van der Waals surface area contributed by atoms with E-state index in [4.69, 9.17) is 0 Å². The molecule has 1 aliphatic rings. The standard InChI is InChI=1S/C15H20N2O/c18-14(9-12-5-1-2-6-12)11-17-15-8-4-3-7-13(15)10-16-17/h3-4,7-8,10,12,14,18H,1-2,5-6,9,11H2. The number of hydrogen-bond acceptors (Lipinski definition) is 2. The van der Waals surface area contributed by atoms with E-state index >= 15 is 0 Å². The number of rotatable bonds is 4. The normalized spacial score (nSPS) is 18.5. The molecule has 1 aromatic carbocycles. The third-order valence-corrected chi connectivity index (χ3v) is 4.01. The Kier molecular flexibility index (Phi) is 3.33. The van der Waals surface area contributed by atoms with Crippen LogP contribution in [-0.4, -0.2) is 21.0 Å². The van der Waals surface area contributed by atoms with Crippen LogP contribution in [0.15, 0.2) is 30.5 Å². The van der Waals surface area contributed by atoms with Crippen LogP contribution in [0.3, 0.4) is 0 Å². The molecule has 1 N–H and O–H groups in total. The van der Waals surface area contributed by atoms with Gasteiger partial charge in [0, 0.05) is 5.39 Å². The van der Waals surface area contributed by atoms with E-state index in [1.165, 1.54) is 25.7 Å². The van der Waals surface area contributed by atoms with Gasteiger partial charge in [0.15, 0.2) is 0 Å². The maximum Gasteiger partial charge on any atom is 0.0739 e. The molecule has 1 aliphatic carbocycles. The highest BCUT2D eigenvalue weighted by Crippen LogP contribution is 2.29. The molecule has 3 rings (SSSR count). The predicted molar refractivity (Wildman–Crippen MR) is 72.3 cm³/mol. The molecule has 1 heterocycles. The Labute approximate surface area is 107 Å². The van der Waals surface area contributed by atoms with Crippen molar-refractivity contribution in [3.05, 3.63) is 30.5 Å². The third kappa shape index (κ3) is 2.41. The van der Waals surface area contributed by atoms with E-state index in [0.717, 1.165) is 23.2 Å². The van der Waals surface area contributed by atoms with E-state index in [9.17, 15) is 5.11 Å². The van der Waals surface area contributed by atoms with Crippen LogP contribution < -0.4 is 0 Å². The van der Waals surface area contributed by atoms with Gasteiger partial charge in [0.2, 0.25) is 0 Å². The molecule has 0 amide bonds. The van der Waals surface area contributed by atoms with Crippen molar-refractivity contribution in [2.24, 2.45) is 5.92 Å². The summed E-state index contributed by atoms with van der Waals surface area (Å²) in [7, 11) is 0. The van der Waals surface area contributed by atoms with Gasteiger partial charge in [0.1, 0.15) is 0 Å². The van der Waals surface area contributed by atoms with Gasteiger partial charge in [-0.3, -0.25) is 4.68 Å². The van der Waals surface area contributed by atoms with Crippen LogP contribution in [0.4, 0.5) is 0 Å². The van der Waals surface area contributed by atoms with Gasteiger partial charge < -0.3 is 5.11 Å². The lowest BCUT2D eigenvalue weighted by molar-refractivity contribution is 0.122. The lowest BCUT2D eigenvalue weighted by Gasteiger charge is -2.15. The summed E-state index contributed by atoms with van der Waals surface area (Å²) in [4.78, 5) is 0. The maximum absolute atomic E-state index is 10.2. The number of fused-ring (bicyclic) bond motifs is 1.